The van der Waals surface area contributed by atoms with E-state index in [0.29, 0.717) is 11.3 Å². The van der Waals surface area contributed by atoms with Gasteiger partial charge in [-0.25, -0.2) is 0 Å². The lowest BCUT2D eigenvalue weighted by molar-refractivity contribution is -0.109. The maximum Gasteiger partial charge on any atom is 0.120 e. The Morgan fingerprint density at radius 1 is 1.40 bits per heavy atom. The topological polar surface area (TPSA) is 41.1 Å². The molecule has 2 saturated heterocycles. The van der Waals surface area contributed by atoms with Crippen molar-refractivity contribution < 1.29 is 4.79 Å². The molecule has 2 heterocycles. The minimum atomic E-state index is 0.649. The van der Waals surface area contributed by atoms with Crippen molar-refractivity contribution in [3.63, 3.8) is 0 Å². The summed E-state index contributed by atoms with van der Waals surface area (Å²) in [6.07, 6.45) is 4.49. The molecule has 1 aliphatic carbocycles. The minimum Gasteiger partial charge on any atom is -0.304 e. The highest BCUT2D eigenvalue weighted by molar-refractivity contribution is 8.00. The Bertz CT molecular complexity index is 261. The molecule has 0 amide bonds. The van der Waals surface area contributed by atoms with E-state index in [1.54, 1.807) is 0 Å². The molecular formula is C11H18N2OS. The number of fused-ring (bicyclic) bond motifs is 3. The first-order valence-electron chi connectivity index (χ1n) is 5.93. The largest absolute Gasteiger partial charge is 0.304 e. The van der Waals surface area contributed by atoms with Crippen molar-refractivity contribution in [1.29, 1.82) is 0 Å². The van der Waals surface area contributed by atoms with Crippen molar-refractivity contribution in [2.24, 2.45) is 17.8 Å². The van der Waals surface area contributed by atoms with E-state index in [-0.39, 0.29) is 0 Å². The molecule has 2 N–H and O–H groups in total. The Hall–Kier alpha value is -0.0600. The quantitative estimate of drug-likeness (QED) is 0.684. The van der Waals surface area contributed by atoms with E-state index in [4.69, 9.17) is 0 Å². The minimum absolute atomic E-state index is 0.649. The van der Waals surface area contributed by atoms with Gasteiger partial charge in [0, 0.05) is 30.8 Å². The molecule has 2 aliphatic heterocycles. The first-order chi connectivity index (χ1) is 7.40. The van der Waals surface area contributed by atoms with Gasteiger partial charge in [0.25, 0.3) is 0 Å². The summed E-state index contributed by atoms with van der Waals surface area (Å²) < 4.78 is 0. The molecule has 4 unspecified atom stereocenters. The lowest BCUT2D eigenvalue weighted by Gasteiger charge is -2.32. The van der Waals surface area contributed by atoms with Crippen LogP contribution in [0.1, 0.15) is 19.3 Å². The molecule has 3 aliphatic rings. The van der Waals surface area contributed by atoms with Gasteiger partial charge < -0.3 is 10.1 Å². The number of carbonyl (C=O) groups is 1. The molecule has 0 spiro atoms. The van der Waals surface area contributed by atoms with Crippen molar-refractivity contribution >= 4 is 18.0 Å². The van der Waals surface area contributed by atoms with E-state index in [1.807, 2.05) is 0 Å². The van der Waals surface area contributed by atoms with Gasteiger partial charge in [0.05, 0.1) is 5.37 Å². The molecule has 1 saturated carbocycles. The molecule has 3 nitrogen and oxygen atoms in total. The van der Waals surface area contributed by atoms with Gasteiger partial charge in [-0.05, 0) is 24.7 Å². The molecule has 4 heteroatoms. The fourth-order valence-corrected chi connectivity index (χ4v) is 5.51. The van der Waals surface area contributed by atoms with Crippen LogP contribution in [0.3, 0.4) is 0 Å². The van der Waals surface area contributed by atoms with Gasteiger partial charge in [0.1, 0.15) is 6.29 Å². The van der Waals surface area contributed by atoms with Crippen molar-refractivity contribution in [3.05, 3.63) is 0 Å². The highest BCUT2D eigenvalue weighted by atomic mass is 32.2. The van der Waals surface area contributed by atoms with E-state index < -0.39 is 0 Å². The molecule has 0 radical (unpaired) electrons. The van der Waals surface area contributed by atoms with Crippen molar-refractivity contribution in [3.8, 4) is 0 Å². The highest BCUT2D eigenvalue weighted by Crippen LogP contribution is 2.53. The molecule has 0 aromatic heterocycles. The fraction of sp³-hybridized carbons (Fsp3) is 0.909. The summed E-state index contributed by atoms with van der Waals surface area (Å²) in [6.45, 7) is 2.09. The highest BCUT2D eigenvalue weighted by Gasteiger charge is 2.50. The second-order valence-corrected chi connectivity index (χ2v) is 6.30. The zero-order valence-electron chi connectivity index (χ0n) is 8.82. The predicted octanol–water partition coefficient (Wildman–Crippen LogP) is 0.810. The average molecular weight is 226 g/mol. The molecule has 3 rings (SSSR count). The Labute approximate surface area is 94.8 Å². The third-order valence-corrected chi connectivity index (χ3v) is 5.92. The van der Waals surface area contributed by atoms with Gasteiger partial charge in [0.15, 0.2) is 0 Å². The van der Waals surface area contributed by atoms with Gasteiger partial charge in [-0.3, -0.25) is 5.32 Å². The van der Waals surface area contributed by atoms with Gasteiger partial charge in [-0.15, -0.1) is 11.8 Å². The van der Waals surface area contributed by atoms with Crippen molar-refractivity contribution in [1.82, 2.24) is 10.6 Å². The number of aldehydes is 1. The summed E-state index contributed by atoms with van der Waals surface area (Å²) in [6, 6.07) is 0. The molecular weight excluding hydrogens is 208 g/mol. The second kappa shape index (κ2) is 4.07. The predicted molar refractivity (Wildman–Crippen MR) is 61.6 cm³/mol. The smallest absolute Gasteiger partial charge is 0.120 e. The number of rotatable bonds is 2. The zero-order chi connectivity index (χ0) is 10.3. The van der Waals surface area contributed by atoms with Crippen LogP contribution in [0.15, 0.2) is 0 Å². The summed E-state index contributed by atoms with van der Waals surface area (Å²) in [7, 11) is 0. The molecule has 5 atom stereocenters. The molecule has 0 aromatic rings. The summed E-state index contributed by atoms with van der Waals surface area (Å²) in [5, 5.41) is 8.42. The van der Waals surface area contributed by atoms with Crippen molar-refractivity contribution in [2.45, 2.75) is 29.9 Å². The summed E-state index contributed by atoms with van der Waals surface area (Å²) in [5.41, 5.74) is 0. The van der Waals surface area contributed by atoms with Crippen LogP contribution < -0.4 is 10.6 Å². The first kappa shape index (κ1) is 10.1. The van der Waals surface area contributed by atoms with E-state index in [1.165, 1.54) is 12.8 Å². The lowest BCUT2D eigenvalue weighted by atomic mass is 9.82. The number of carbonyl (C=O) groups excluding carboxylic acids is 1. The monoisotopic (exact) mass is 226 g/mol. The second-order valence-electron chi connectivity index (χ2n) is 4.91. The molecule has 3 fully saturated rings. The standard InChI is InChI=1S/C11H18N2OS/c14-4-3-7-1-2-9-10(7)8-5-12-6-13-11(8)15-9/h4,7-13H,1-3,5-6H2/t7-,8?,9?,10?,11?/m1/s1. The normalized spacial score (nSPS) is 48.7. The molecule has 84 valence electrons. The summed E-state index contributed by atoms with van der Waals surface area (Å²) in [5.74, 6) is 2.20. The SMILES string of the molecule is O=CC[C@H]1CCC2SC3NCNCC3C21. The third-order valence-electron chi connectivity index (χ3n) is 4.21. The lowest BCUT2D eigenvalue weighted by Crippen LogP contribution is -2.50. The molecule has 0 aromatic carbocycles. The van der Waals surface area contributed by atoms with Crippen molar-refractivity contribution in [2.75, 3.05) is 13.2 Å². The van der Waals surface area contributed by atoms with Crippen LogP contribution in [0.4, 0.5) is 0 Å². The van der Waals surface area contributed by atoms with Crippen LogP contribution in [-0.4, -0.2) is 30.1 Å². The van der Waals surface area contributed by atoms with Gasteiger partial charge >= 0.3 is 0 Å². The Morgan fingerprint density at radius 2 is 2.33 bits per heavy atom. The number of thioether (sulfide) groups is 1. The van der Waals surface area contributed by atoms with Crippen LogP contribution >= 0.6 is 11.8 Å². The van der Waals surface area contributed by atoms with E-state index in [9.17, 15) is 4.79 Å². The maximum absolute atomic E-state index is 10.7. The Morgan fingerprint density at radius 3 is 3.20 bits per heavy atom. The van der Waals surface area contributed by atoms with E-state index in [2.05, 4.69) is 22.4 Å². The number of nitrogens with one attached hydrogen (secondary N) is 2. The summed E-state index contributed by atoms with van der Waals surface area (Å²) in [4.78, 5) is 10.7. The van der Waals surface area contributed by atoms with Crippen LogP contribution in [0.2, 0.25) is 0 Å². The third kappa shape index (κ3) is 1.63. The zero-order valence-corrected chi connectivity index (χ0v) is 9.63. The molecule has 15 heavy (non-hydrogen) atoms. The number of hydrogen-bond donors (Lipinski definition) is 2. The first-order valence-corrected chi connectivity index (χ1v) is 6.87. The molecule has 0 bridgehead atoms. The Balaban J connectivity index is 1.76. The van der Waals surface area contributed by atoms with E-state index >= 15 is 0 Å². The maximum atomic E-state index is 10.7. The van der Waals surface area contributed by atoms with Gasteiger partial charge in [-0.1, -0.05) is 0 Å². The average Bonchev–Trinajstić information content (AvgIpc) is 2.78. The van der Waals surface area contributed by atoms with E-state index in [0.717, 1.165) is 43.0 Å². The van der Waals surface area contributed by atoms with Gasteiger partial charge in [0.2, 0.25) is 0 Å². The fourth-order valence-electron chi connectivity index (χ4n) is 3.59. The summed E-state index contributed by atoms with van der Waals surface area (Å²) >= 11 is 2.13. The number of hydrogen-bond acceptors (Lipinski definition) is 4. The van der Waals surface area contributed by atoms with Crippen LogP contribution in [0, 0.1) is 17.8 Å². The Kier molecular flexibility index (Phi) is 2.75. The van der Waals surface area contributed by atoms with Gasteiger partial charge in [-0.2, -0.15) is 0 Å². The van der Waals surface area contributed by atoms with Crippen LogP contribution in [0.25, 0.3) is 0 Å². The van der Waals surface area contributed by atoms with Crippen LogP contribution in [0.5, 0.6) is 0 Å². The van der Waals surface area contributed by atoms with Crippen LogP contribution in [-0.2, 0) is 4.79 Å².